The molecule has 0 saturated heterocycles. The van der Waals surface area contributed by atoms with Crippen molar-refractivity contribution in [1.82, 2.24) is 5.32 Å². The summed E-state index contributed by atoms with van der Waals surface area (Å²) in [6.07, 6.45) is 2.82. The van der Waals surface area contributed by atoms with Crippen molar-refractivity contribution in [2.75, 3.05) is 19.1 Å². The Kier molecular flexibility index (Phi) is 5.15. The average molecular weight is 255 g/mol. The van der Waals surface area contributed by atoms with E-state index < -0.39 is 9.84 Å². The van der Waals surface area contributed by atoms with Gasteiger partial charge >= 0.3 is 0 Å². The van der Waals surface area contributed by atoms with E-state index in [-0.39, 0.29) is 11.8 Å². The molecule has 17 heavy (non-hydrogen) atoms. The van der Waals surface area contributed by atoms with Crippen LogP contribution in [0.1, 0.15) is 17.5 Å². The van der Waals surface area contributed by atoms with Crippen LogP contribution in [0.4, 0.5) is 0 Å². The zero-order chi connectivity index (χ0) is 12.9. The van der Waals surface area contributed by atoms with E-state index in [0.29, 0.717) is 6.42 Å². The molecule has 0 heterocycles. The second kappa shape index (κ2) is 6.17. The van der Waals surface area contributed by atoms with Crippen molar-refractivity contribution in [3.05, 3.63) is 35.4 Å². The van der Waals surface area contributed by atoms with E-state index in [2.05, 4.69) is 24.4 Å². The second-order valence-electron chi connectivity index (χ2n) is 4.53. The molecule has 1 aromatic rings. The third-order valence-electron chi connectivity index (χ3n) is 2.97. The highest BCUT2D eigenvalue weighted by Crippen LogP contribution is 2.11. The van der Waals surface area contributed by atoms with Gasteiger partial charge in [-0.3, -0.25) is 0 Å². The van der Waals surface area contributed by atoms with E-state index in [1.165, 1.54) is 17.4 Å². The molecule has 0 aliphatic rings. The number of hydrogen-bond donors (Lipinski definition) is 1. The molecule has 0 bridgehead atoms. The number of nitrogens with one attached hydrogen (secondary N) is 1. The molecule has 0 aliphatic carbocycles. The Labute approximate surface area is 104 Å². The standard InChI is InChI=1S/C13H21NO2S/c1-11-6-4-5-7-12(11)10-13(14-2)8-9-17(3,15)16/h4-7,13-14H,8-10H2,1-3H3. The highest BCUT2D eigenvalue weighted by atomic mass is 32.2. The molecule has 1 unspecified atom stereocenters. The highest BCUT2D eigenvalue weighted by molar-refractivity contribution is 7.90. The van der Waals surface area contributed by atoms with Crippen LogP contribution in [0.25, 0.3) is 0 Å². The first kappa shape index (κ1) is 14.2. The summed E-state index contributed by atoms with van der Waals surface area (Å²) in [6, 6.07) is 8.43. The smallest absolute Gasteiger partial charge is 0.147 e. The predicted octanol–water partition coefficient (Wildman–Crippen LogP) is 1.56. The summed E-state index contributed by atoms with van der Waals surface area (Å²) >= 11 is 0. The number of aryl methyl sites for hydroxylation is 1. The van der Waals surface area contributed by atoms with Crippen molar-refractivity contribution in [3.63, 3.8) is 0 Å². The summed E-state index contributed by atoms with van der Waals surface area (Å²) in [7, 11) is -0.992. The van der Waals surface area contributed by atoms with Gasteiger partial charge in [0.15, 0.2) is 0 Å². The Morgan fingerprint density at radius 3 is 2.47 bits per heavy atom. The number of rotatable bonds is 6. The van der Waals surface area contributed by atoms with E-state index in [0.717, 1.165) is 6.42 Å². The van der Waals surface area contributed by atoms with Gasteiger partial charge in [-0.05, 0) is 37.9 Å². The maximum Gasteiger partial charge on any atom is 0.147 e. The number of sulfone groups is 1. The van der Waals surface area contributed by atoms with Crippen LogP contribution in [-0.2, 0) is 16.3 Å². The fourth-order valence-corrected chi connectivity index (χ4v) is 2.52. The van der Waals surface area contributed by atoms with Gasteiger partial charge in [0.2, 0.25) is 0 Å². The molecule has 96 valence electrons. The number of benzene rings is 1. The summed E-state index contributed by atoms with van der Waals surface area (Å²) in [5, 5.41) is 3.19. The summed E-state index contributed by atoms with van der Waals surface area (Å²) in [6.45, 7) is 2.08. The summed E-state index contributed by atoms with van der Waals surface area (Å²) in [4.78, 5) is 0. The Balaban J connectivity index is 2.61. The lowest BCUT2D eigenvalue weighted by Crippen LogP contribution is -2.30. The van der Waals surface area contributed by atoms with Crippen LogP contribution in [0.2, 0.25) is 0 Å². The maximum absolute atomic E-state index is 11.1. The van der Waals surface area contributed by atoms with Crippen molar-refractivity contribution in [2.45, 2.75) is 25.8 Å². The zero-order valence-corrected chi connectivity index (χ0v) is 11.5. The third-order valence-corrected chi connectivity index (χ3v) is 3.95. The van der Waals surface area contributed by atoms with Gasteiger partial charge in [-0.1, -0.05) is 24.3 Å². The van der Waals surface area contributed by atoms with E-state index >= 15 is 0 Å². The molecular weight excluding hydrogens is 234 g/mol. The Morgan fingerprint density at radius 1 is 1.29 bits per heavy atom. The first-order chi connectivity index (χ1) is 7.92. The highest BCUT2D eigenvalue weighted by Gasteiger charge is 2.12. The lowest BCUT2D eigenvalue weighted by molar-refractivity contribution is 0.533. The van der Waals surface area contributed by atoms with Gasteiger partial charge < -0.3 is 5.32 Å². The summed E-state index contributed by atoms with van der Waals surface area (Å²) in [5.41, 5.74) is 2.53. The molecule has 1 atom stereocenters. The van der Waals surface area contributed by atoms with E-state index in [1.54, 1.807) is 0 Å². The van der Waals surface area contributed by atoms with Gasteiger partial charge in [-0.25, -0.2) is 8.42 Å². The Morgan fingerprint density at radius 2 is 1.94 bits per heavy atom. The van der Waals surface area contributed by atoms with Gasteiger partial charge in [0, 0.05) is 12.3 Å². The molecule has 0 spiro atoms. The topological polar surface area (TPSA) is 46.2 Å². The maximum atomic E-state index is 11.1. The molecule has 0 aromatic heterocycles. The van der Waals surface area contributed by atoms with Crippen LogP contribution in [0.5, 0.6) is 0 Å². The summed E-state index contributed by atoms with van der Waals surface area (Å²) < 4.78 is 22.3. The number of likely N-dealkylation sites (N-methyl/N-ethyl adjacent to an activating group) is 1. The molecule has 0 radical (unpaired) electrons. The molecule has 0 amide bonds. The minimum Gasteiger partial charge on any atom is -0.317 e. The van der Waals surface area contributed by atoms with Gasteiger partial charge in [0.05, 0.1) is 5.75 Å². The van der Waals surface area contributed by atoms with E-state index in [4.69, 9.17) is 0 Å². The van der Waals surface area contributed by atoms with Gasteiger partial charge in [0.25, 0.3) is 0 Å². The van der Waals surface area contributed by atoms with Crippen LogP contribution < -0.4 is 5.32 Å². The molecule has 1 rings (SSSR count). The average Bonchev–Trinajstić information content (AvgIpc) is 2.25. The van der Waals surface area contributed by atoms with Crippen LogP contribution in [-0.4, -0.2) is 33.5 Å². The Hall–Kier alpha value is -0.870. The van der Waals surface area contributed by atoms with Crippen LogP contribution >= 0.6 is 0 Å². The van der Waals surface area contributed by atoms with Crippen LogP contribution in [0.3, 0.4) is 0 Å². The molecular formula is C13H21NO2S. The van der Waals surface area contributed by atoms with Crippen LogP contribution in [0.15, 0.2) is 24.3 Å². The van der Waals surface area contributed by atoms with E-state index in [1.807, 2.05) is 19.2 Å². The quantitative estimate of drug-likeness (QED) is 0.839. The molecule has 4 heteroatoms. The predicted molar refractivity (Wildman–Crippen MR) is 72.1 cm³/mol. The third kappa shape index (κ3) is 5.33. The second-order valence-corrected chi connectivity index (χ2v) is 6.79. The van der Waals surface area contributed by atoms with Gasteiger partial charge in [0.1, 0.15) is 9.84 Å². The molecule has 1 aromatic carbocycles. The van der Waals surface area contributed by atoms with Crippen molar-refractivity contribution in [2.24, 2.45) is 0 Å². The fourth-order valence-electron chi connectivity index (χ4n) is 1.81. The zero-order valence-electron chi connectivity index (χ0n) is 10.7. The first-order valence-corrected chi connectivity index (χ1v) is 7.88. The largest absolute Gasteiger partial charge is 0.317 e. The van der Waals surface area contributed by atoms with Crippen LogP contribution in [0, 0.1) is 6.92 Å². The molecule has 3 nitrogen and oxygen atoms in total. The first-order valence-electron chi connectivity index (χ1n) is 5.82. The minimum atomic E-state index is -2.87. The van der Waals surface area contributed by atoms with Crippen molar-refractivity contribution < 1.29 is 8.42 Å². The van der Waals surface area contributed by atoms with Crippen molar-refractivity contribution in [3.8, 4) is 0 Å². The molecule has 0 fully saturated rings. The molecule has 0 aliphatic heterocycles. The van der Waals surface area contributed by atoms with Gasteiger partial charge in [-0.15, -0.1) is 0 Å². The number of hydrogen-bond acceptors (Lipinski definition) is 3. The normalized spacial score (nSPS) is 13.6. The molecule has 0 saturated carbocycles. The molecule has 1 N–H and O–H groups in total. The summed E-state index contributed by atoms with van der Waals surface area (Å²) in [5.74, 6) is 0.240. The van der Waals surface area contributed by atoms with Crippen molar-refractivity contribution in [1.29, 1.82) is 0 Å². The van der Waals surface area contributed by atoms with Gasteiger partial charge in [-0.2, -0.15) is 0 Å². The lowest BCUT2D eigenvalue weighted by Gasteiger charge is -2.16. The lowest BCUT2D eigenvalue weighted by atomic mass is 10.00. The monoisotopic (exact) mass is 255 g/mol. The minimum absolute atomic E-state index is 0.214. The Bertz CT molecular complexity index is 454. The fraction of sp³-hybridized carbons (Fsp3) is 0.538. The van der Waals surface area contributed by atoms with Crippen molar-refractivity contribution >= 4 is 9.84 Å². The van der Waals surface area contributed by atoms with E-state index in [9.17, 15) is 8.42 Å². The SMILES string of the molecule is CNC(CCS(C)(=O)=O)Cc1ccccc1C.